The number of aromatic carboxylic acids is 1. The first-order chi connectivity index (χ1) is 20.6. The number of benzene rings is 1. The molecule has 1 aromatic carbocycles. The lowest BCUT2D eigenvalue weighted by molar-refractivity contribution is -0.160. The van der Waals surface area contributed by atoms with Gasteiger partial charge in [-0.05, 0) is 76.3 Å². The van der Waals surface area contributed by atoms with E-state index in [-0.39, 0.29) is 23.3 Å². The van der Waals surface area contributed by atoms with Crippen molar-refractivity contribution < 1.29 is 33.7 Å². The van der Waals surface area contributed by atoms with Crippen molar-refractivity contribution in [2.45, 2.75) is 66.1 Å². The molecule has 1 saturated heterocycles. The fourth-order valence-electron chi connectivity index (χ4n) is 5.18. The van der Waals surface area contributed by atoms with Crippen LogP contribution in [-0.4, -0.2) is 64.0 Å². The predicted octanol–water partition coefficient (Wildman–Crippen LogP) is 6.35. The molecule has 3 aromatic rings. The van der Waals surface area contributed by atoms with E-state index in [2.05, 4.69) is 34.0 Å². The van der Waals surface area contributed by atoms with Gasteiger partial charge in [0.1, 0.15) is 23.7 Å². The Morgan fingerprint density at radius 3 is 2.39 bits per heavy atom. The third-order valence-corrected chi connectivity index (χ3v) is 7.58. The second-order valence-corrected chi connectivity index (χ2v) is 12.8. The highest BCUT2D eigenvalue weighted by Crippen LogP contribution is 2.43. The zero-order valence-electron chi connectivity index (χ0n) is 26.1. The van der Waals surface area contributed by atoms with Crippen molar-refractivity contribution in [3.63, 3.8) is 0 Å². The lowest BCUT2D eigenvalue weighted by Crippen LogP contribution is -2.39. The molecule has 11 heteroatoms. The number of pyridine rings is 2. The Labute approximate surface area is 257 Å². The van der Waals surface area contributed by atoms with Crippen LogP contribution in [0.2, 0.25) is 0 Å². The molecular formula is C33H41FN4O6. The Bertz CT molecular complexity index is 1490. The number of anilines is 2. The number of aromatic nitrogens is 2. The number of carboxylic acids is 2. The molecule has 0 bridgehead atoms. The SMILES string of the molecule is Cc1ncc(-c2ccc(NCCOc3ccc(F)cc3C(=O)O)cn2)c(N2CCC(C)(C)CC2)c1[C@H](OC(C)(C)C)C(=O)O. The largest absolute Gasteiger partial charge is 0.491 e. The van der Waals surface area contributed by atoms with Crippen LogP contribution >= 0.6 is 0 Å². The van der Waals surface area contributed by atoms with Crippen molar-refractivity contribution in [1.29, 1.82) is 0 Å². The van der Waals surface area contributed by atoms with Crippen LogP contribution in [0.5, 0.6) is 5.75 Å². The summed E-state index contributed by atoms with van der Waals surface area (Å²) in [5, 5.41) is 22.8. The summed E-state index contributed by atoms with van der Waals surface area (Å²) in [6.07, 6.45) is 4.11. The second kappa shape index (κ2) is 13.2. The van der Waals surface area contributed by atoms with Crippen molar-refractivity contribution in [3.05, 3.63) is 65.4 Å². The molecule has 2 aromatic heterocycles. The number of halogens is 1. The van der Waals surface area contributed by atoms with Crippen molar-refractivity contribution in [1.82, 2.24) is 9.97 Å². The first kappa shape index (κ1) is 32.7. The van der Waals surface area contributed by atoms with Gasteiger partial charge in [-0.25, -0.2) is 14.0 Å². The van der Waals surface area contributed by atoms with E-state index in [1.807, 2.05) is 39.8 Å². The highest BCUT2D eigenvalue weighted by atomic mass is 19.1. The van der Waals surface area contributed by atoms with E-state index in [1.165, 1.54) is 6.07 Å². The highest BCUT2D eigenvalue weighted by molar-refractivity contribution is 5.91. The molecule has 1 atom stereocenters. The summed E-state index contributed by atoms with van der Waals surface area (Å²) in [7, 11) is 0. The van der Waals surface area contributed by atoms with E-state index in [0.29, 0.717) is 29.2 Å². The van der Waals surface area contributed by atoms with E-state index < -0.39 is 29.5 Å². The molecule has 0 radical (unpaired) electrons. The molecule has 0 amide bonds. The van der Waals surface area contributed by atoms with E-state index >= 15 is 0 Å². The molecule has 236 valence electrons. The number of piperidine rings is 1. The summed E-state index contributed by atoms with van der Waals surface area (Å²) >= 11 is 0. The van der Waals surface area contributed by atoms with Gasteiger partial charge in [-0.2, -0.15) is 0 Å². The monoisotopic (exact) mass is 608 g/mol. The standard InChI is InChI=1S/C33H41FN4O6/c1-20-27(29(31(41)42)44-32(2,3)4)28(38-14-11-33(5,6)12-15-38)24(19-36-20)25-9-8-22(18-37-25)35-13-16-43-26-10-7-21(34)17-23(26)30(39)40/h7-10,17-19,29,35H,11-16H2,1-6H3,(H,39,40)(H,41,42)/t29-/m0/s1. The lowest BCUT2D eigenvalue weighted by Gasteiger charge is -2.40. The third kappa shape index (κ3) is 8.02. The van der Waals surface area contributed by atoms with Crippen LogP contribution in [0.4, 0.5) is 15.8 Å². The minimum Gasteiger partial charge on any atom is -0.491 e. The van der Waals surface area contributed by atoms with E-state index in [0.717, 1.165) is 49.3 Å². The van der Waals surface area contributed by atoms with Crippen molar-refractivity contribution in [2.24, 2.45) is 5.41 Å². The molecule has 0 aliphatic carbocycles. The first-order valence-electron chi connectivity index (χ1n) is 14.7. The summed E-state index contributed by atoms with van der Waals surface area (Å²) in [5.74, 6) is -2.91. The Kier molecular flexibility index (Phi) is 9.78. The number of nitrogens with zero attached hydrogens (tertiary/aromatic N) is 3. The Morgan fingerprint density at radius 1 is 1.09 bits per heavy atom. The summed E-state index contributed by atoms with van der Waals surface area (Å²) in [5.41, 5.74) is 3.22. The molecule has 3 N–H and O–H groups in total. The van der Waals surface area contributed by atoms with E-state index in [9.17, 15) is 24.2 Å². The lowest BCUT2D eigenvalue weighted by atomic mass is 9.82. The summed E-state index contributed by atoms with van der Waals surface area (Å²) in [6.45, 7) is 13.8. The number of ether oxygens (including phenoxy) is 2. The number of rotatable bonds is 11. The average Bonchev–Trinajstić information content (AvgIpc) is 2.94. The van der Waals surface area contributed by atoms with Crippen LogP contribution in [0.15, 0.2) is 42.7 Å². The van der Waals surface area contributed by atoms with Gasteiger partial charge in [0.25, 0.3) is 0 Å². The normalized spacial score (nSPS) is 15.5. The number of carbonyl (C=O) groups is 2. The van der Waals surface area contributed by atoms with Gasteiger partial charge in [0.2, 0.25) is 0 Å². The molecule has 4 rings (SSSR count). The molecule has 0 spiro atoms. The van der Waals surface area contributed by atoms with E-state index in [4.69, 9.17) is 9.47 Å². The minimum absolute atomic E-state index is 0.0839. The summed E-state index contributed by atoms with van der Waals surface area (Å²) < 4.78 is 25.1. The molecule has 10 nitrogen and oxygen atoms in total. The second-order valence-electron chi connectivity index (χ2n) is 12.8. The Hall–Kier alpha value is -4.25. The van der Waals surface area contributed by atoms with Gasteiger partial charge in [0, 0.05) is 42.7 Å². The number of hydrogen-bond donors (Lipinski definition) is 3. The number of aliphatic carboxylic acids is 1. The van der Waals surface area contributed by atoms with Crippen LogP contribution in [0.25, 0.3) is 11.3 Å². The molecule has 0 unspecified atom stereocenters. The fraction of sp³-hybridized carbons (Fsp3) is 0.455. The quantitative estimate of drug-likeness (QED) is 0.212. The molecular weight excluding hydrogens is 567 g/mol. The van der Waals surface area contributed by atoms with Crippen LogP contribution in [-0.2, 0) is 9.53 Å². The third-order valence-electron chi connectivity index (χ3n) is 7.58. The number of aryl methyl sites for hydroxylation is 1. The fourth-order valence-corrected chi connectivity index (χ4v) is 5.18. The van der Waals surface area contributed by atoms with Crippen LogP contribution in [0.1, 0.15) is 75.2 Å². The van der Waals surface area contributed by atoms with Gasteiger partial charge >= 0.3 is 11.9 Å². The predicted molar refractivity (Wildman–Crippen MR) is 166 cm³/mol. The molecule has 44 heavy (non-hydrogen) atoms. The number of hydrogen-bond acceptors (Lipinski definition) is 8. The van der Waals surface area contributed by atoms with Crippen molar-refractivity contribution in [2.75, 3.05) is 36.5 Å². The molecule has 0 saturated carbocycles. The van der Waals surface area contributed by atoms with Crippen LogP contribution < -0.4 is 15.0 Å². The maximum atomic E-state index is 13.4. The van der Waals surface area contributed by atoms with E-state index in [1.54, 1.807) is 12.4 Å². The molecule has 3 heterocycles. The highest BCUT2D eigenvalue weighted by Gasteiger charge is 2.36. The van der Waals surface area contributed by atoms with Gasteiger partial charge in [0.15, 0.2) is 6.10 Å². The smallest absolute Gasteiger partial charge is 0.339 e. The molecule has 1 aliphatic rings. The van der Waals surface area contributed by atoms with Gasteiger partial charge in [-0.1, -0.05) is 13.8 Å². The average molecular weight is 609 g/mol. The number of carboxylic acid groups (broad SMARTS) is 2. The Morgan fingerprint density at radius 2 is 1.80 bits per heavy atom. The summed E-state index contributed by atoms with van der Waals surface area (Å²) in [4.78, 5) is 35.5. The molecule has 1 fully saturated rings. The van der Waals surface area contributed by atoms with Gasteiger partial charge in [-0.3, -0.25) is 9.97 Å². The molecule has 1 aliphatic heterocycles. The maximum absolute atomic E-state index is 13.4. The maximum Gasteiger partial charge on any atom is 0.339 e. The first-order valence-corrected chi connectivity index (χ1v) is 14.7. The minimum atomic E-state index is -1.27. The zero-order chi connectivity index (χ0) is 32.2. The van der Waals surface area contributed by atoms with Crippen LogP contribution in [0, 0.1) is 18.2 Å². The van der Waals surface area contributed by atoms with Gasteiger partial charge < -0.3 is 29.9 Å². The topological polar surface area (TPSA) is 134 Å². The Balaban J connectivity index is 1.59. The number of nitrogens with one attached hydrogen (secondary N) is 1. The zero-order valence-corrected chi connectivity index (χ0v) is 26.1. The van der Waals surface area contributed by atoms with Crippen molar-refractivity contribution >= 4 is 23.3 Å². The van der Waals surface area contributed by atoms with Gasteiger partial charge in [0.05, 0.1) is 28.9 Å². The summed E-state index contributed by atoms with van der Waals surface area (Å²) in [6, 6.07) is 7.06. The van der Waals surface area contributed by atoms with Crippen molar-refractivity contribution in [3.8, 4) is 17.0 Å². The van der Waals surface area contributed by atoms with Crippen LogP contribution in [0.3, 0.4) is 0 Å². The van der Waals surface area contributed by atoms with Gasteiger partial charge in [-0.15, -0.1) is 0 Å².